The van der Waals surface area contributed by atoms with Gasteiger partial charge in [0.15, 0.2) is 0 Å². The van der Waals surface area contributed by atoms with Gasteiger partial charge in [0.25, 0.3) is 0 Å². The predicted octanol–water partition coefficient (Wildman–Crippen LogP) is 2.22. The Labute approximate surface area is 65.8 Å². The Morgan fingerprint density at radius 3 is 2.45 bits per heavy atom. The fourth-order valence-electron chi connectivity index (χ4n) is 0.742. The topological polar surface area (TPSA) is 9.23 Å². The Hall–Kier alpha value is -1.05. The minimum Gasteiger partial charge on any atom is -0.491 e. The van der Waals surface area contributed by atoms with Crippen molar-refractivity contribution in [2.75, 3.05) is 13.3 Å². The van der Waals surface area contributed by atoms with E-state index in [1.807, 2.05) is 12.1 Å². The van der Waals surface area contributed by atoms with Crippen LogP contribution in [0.5, 0.6) is 5.75 Å². The van der Waals surface area contributed by atoms with Gasteiger partial charge in [-0.3, -0.25) is 0 Å². The van der Waals surface area contributed by atoms with E-state index in [-0.39, 0.29) is 6.61 Å². The second-order valence-corrected chi connectivity index (χ2v) is 2.18. The van der Waals surface area contributed by atoms with Crippen LogP contribution in [-0.2, 0) is 0 Å². The fourth-order valence-corrected chi connectivity index (χ4v) is 0.742. The number of hydrogen-bond donors (Lipinski definition) is 0. The van der Waals surface area contributed by atoms with Crippen LogP contribution in [0.2, 0.25) is 0 Å². The first-order valence-corrected chi connectivity index (χ1v) is 3.43. The van der Waals surface area contributed by atoms with Crippen LogP contribution >= 0.6 is 0 Å². The Bertz CT molecular complexity index is 205. The zero-order chi connectivity index (χ0) is 8.10. The number of benzene rings is 1. The number of halogens is 1. The van der Waals surface area contributed by atoms with E-state index in [0.29, 0.717) is 5.75 Å². The van der Waals surface area contributed by atoms with Gasteiger partial charge in [0.1, 0.15) is 19.0 Å². The van der Waals surface area contributed by atoms with Gasteiger partial charge in [-0.2, -0.15) is 0 Å². The van der Waals surface area contributed by atoms with Crippen LogP contribution in [0, 0.1) is 6.92 Å². The Morgan fingerprint density at radius 2 is 1.91 bits per heavy atom. The molecular formula is C9H10FO. The van der Waals surface area contributed by atoms with Gasteiger partial charge in [0.2, 0.25) is 0 Å². The van der Waals surface area contributed by atoms with Crippen molar-refractivity contribution in [2.24, 2.45) is 0 Å². The smallest absolute Gasteiger partial charge is 0.123 e. The summed E-state index contributed by atoms with van der Waals surface area (Å²) >= 11 is 0. The number of hydrogen-bond acceptors (Lipinski definition) is 1. The van der Waals surface area contributed by atoms with Crippen LogP contribution in [0.3, 0.4) is 0 Å². The lowest BCUT2D eigenvalue weighted by molar-refractivity contribution is 0.273. The molecule has 0 spiro atoms. The molecule has 0 saturated heterocycles. The zero-order valence-electron chi connectivity index (χ0n) is 6.22. The largest absolute Gasteiger partial charge is 0.491 e. The minimum atomic E-state index is -0.452. The highest BCUT2D eigenvalue weighted by atomic mass is 19.1. The lowest BCUT2D eigenvalue weighted by atomic mass is 10.2. The molecule has 0 aliphatic rings. The highest BCUT2D eigenvalue weighted by Crippen LogP contribution is 2.10. The molecule has 0 atom stereocenters. The lowest BCUT2D eigenvalue weighted by Gasteiger charge is -2.02. The van der Waals surface area contributed by atoms with E-state index >= 15 is 0 Å². The molecule has 0 bridgehead atoms. The van der Waals surface area contributed by atoms with Crippen molar-refractivity contribution in [3.05, 3.63) is 36.8 Å². The quantitative estimate of drug-likeness (QED) is 0.647. The molecule has 0 aliphatic heterocycles. The molecule has 0 unspecified atom stereocenters. The van der Waals surface area contributed by atoms with E-state index in [0.717, 1.165) is 5.56 Å². The Morgan fingerprint density at radius 1 is 1.27 bits per heavy atom. The van der Waals surface area contributed by atoms with Crippen molar-refractivity contribution in [1.29, 1.82) is 0 Å². The molecule has 1 rings (SSSR count). The monoisotopic (exact) mass is 153 g/mol. The molecule has 0 aromatic heterocycles. The van der Waals surface area contributed by atoms with Gasteiger partial charge in [-0.05, 0) is 24.6 Å². The van der Waals surface area contributed by atoms with Crippen molar-refractivity contribution < 1.29 is 9.13 Å². The van der Waals surface area contributed by atoms with Crippen LogP contribution in [0.4, 0.5) is 4.39 Å². The van der Waals surface area contributed by atoms with Gasteiger partial charge in [-0.1, -0.05) is 12.1 Å². The van der Waals surface area contributed by atoms with Crippen molar-refractivity contribution in [2.45, 2.75) is 0 Å². The molecule has 59 valence electrons. The molecule has 1 aromatic rings. The molecule has 2 heteroatoms. The summed E-state index contributed by atoms with van der Waals surface area (Å²) in [6, 6.07) is 7.21. The first-order valence-electron chi connectivity index (χ1n) is 3.43. The van der Waals surface area contributed by atoms with Crippen LogP contribution in [0.25, 0.3) is 0 Å². The van der Waals surface area contributed by atoms with Gasteiger partial charge >= 0.3 is 0 Å². The second kappa shape index (κ2) is 3.96. The first kappa shape index (κ1) is 8.05. The van der Waals surface area contributed by atoms with Gasteiger partial charge in [-0.15, -0.1) is 0 Å². The number of ether oxygens (including phenoxy) is 1. The maximum absolute atomic E-state index is 11.6. The molecule has 0 aliphatic carbocycles. The standard InChI is InChI=1S/C9H10FO/c1-8-2-4-9(5-3-8)11-7-6-10/h2-5H,1,6-7H2. The van der Waals surface area contributed by atoms with E-state index in [2.05, 4.69) is 6.92 Å². The molecule has 0 fully saturated rings. The molecule has 0 amide bonds. The highest BCUT2D eigenvalue weighted by Gasteiger charge is 1.90. The van der Waals surface area contributed by atoms with Crippen LogP contribution in [0.15, 0.2) is 24.3 Å². The summed E-state index contributed by atoms with van der Waals surface area (Å²) in [5.74, 6) is 0.690. The highest BCUT2D eigenvalue weighted by molar-refractivity contribution is 5.28. The third kappa shape index (κ3) is 2.58. The summed E-state index contributed by atoms with van der Waals surface area (Å²) in [6.45, 7) is 3.38. The van der Waals surface area contributed by atoms with E-state index in [9.17, 15) is 4.39 Å². The summed E-state index contributed by atoms with van der Waals surface area (Å²) in [5.41, 5.74) is 0.928. The molecule has 1 nitrogen and oxygen atoms in total. The maximum Gasteiger partial charge on any atom is 0.123 e. The third-order valence-electron chi connectivity index (χ3n) is 1.27. The van der Waals surface area contributed by atoms with E-state index < -0.39 is 6.67 Å². The SMILES string of the molecule is [CH2]c1ccc(OCCF)cc1. The summed E-state index contributed by atoms with van der Waals surface area (Å²) in [7, 11) is 0. The summed E-state index contributed by atoms with van der Waals surface area (Å²) < 4.78 is 16.6. The van der Waals surface area contributed by atoms with Crippen molar-refractivity contribution in [1.82, 2.24) is 0 Å². The molecule has 1 aromatic carbocycles. The Balaban J connectivity index is 2.52. The first-order chi connectivity index (χ1) is 5.33. The number of rotatable bonds is 3. The molecular weight excluding hydrogens is 143 g/mol. The van der Waals surface area contributed by atoms with Gasteiger partial charge in [0, 0.05) is 0 Å². The molecule has 0 N–H and O–H groups in total. The zero-order valence-corrected chi connectivity index (χ0v) is 6.22. The lowest BCUT2D eigenvalue weighted by Crippen LogP contribution is -1.97. The average Bonchev–Trinajstić information content (AvgIpc) is 2.04. The van der Waals surface area contributed by atoms with E-state index in [1.165, 1.54) is 0 Å². The van der Waals surface area contributed by atoms with Crippen molar-refractivity contribution >= 4 is 0 Å². The van der Waals surface area contributed by atoms with Crippen LogP contribution in [0.1, 0.15) is 5.56 Å². The maximum atomic E-state index is 11.6. The molecule has 1 radical (unpaired) electrons. The summed E-state index contributed by atoms with van der Waals surface area (Å²) in [4.78, 5) is 0. The van der Waals surface area contributed by atoms with Gasteiger partial charge in [-0.25, -0.2) is 4.39 Å². The van der Waals surface area contributed by atoms with Crippen LogP contribution in [-0.4, -0.2) is 13.3 Å². The fraction of sp³-hybridized carbons (Fsp3) is 0.222. The van der Waals surface area contributed by atoms with Crippen molar-refractivity contribution in [3.63, 3.8) is 0 Å². The average molecular weight is 153 g/mol. The molecule has 0 saturated carbocycles. The van der Waals surface area contributed by atoms with Crippen LogP contribution < -0.4 is 4.74 Å². The Kier molecular flexibility index (Phi) is 2.90. The summed E-state index contributed by atoms with van der Waals surface area (Å²) in [5, 5.41) is 0. The number of alkyl halides is 1. The molecule has 11 heavy (non-hydrogen) atoms. The normalized spacial score (nSPS) is 9.64. The van der Waals surface area contributed by atoms with E-state index in [1.54, 1.807) is 12.1 Å². The minimum absolute atomic E-state index is 0.122. The van der Waals surface area contributed by atoms with Crippen molar-refractivity contribution in [3.8, 4) is 5.75 Å². The van der Waals surface area contributed by atoms with Gasteiger partial charge in [0.05, 0.1) is 0 Å². The summed E-state index contributed by atoms with van der Waals surface area (Å²) in [6.07, 6.45) is 0. The predicted molar refractivity (Wildman–Crippen MR) is 42.4 cm³/mol. The third-order valence-corrected chi connectivity index (χ3v) is 1.27. The van der Waals surface area contributed by atoms with E-state index in [4.69, 9.17) is 4.74 Å². The second-order valence-electron chi connectivity index (χ2n) is 2.18. The van der Waals surface area contributed by atoms with Gasteiger partial charge < -0.3 is 4.74 Å². The molecule has 0 heterocycles.